The number of likely N-dealkylation sites (tertiary alicyclic amines) is 1. The van der Waals surface area contributed by atoms with Crippen LogP contribution in [0.25, 0.3) is 0 Å². The Bertz CT molecular complexity index is 981. The molecule has 1 saturated carbocycles. The summed E-state index contributed by atoms with van der Waals surface area (Å²) in [5.74, 6) is 2.61. The van der Waals surface area contributed by atoms with Crippen molar-refractivity contribution < 1.29 is 20.1 Å². The van der Waals surface area contributed by atoms with Gasteiger partial charge in [0, 0.05) is 81.3 Å². The van der Waals surface area contributed by atoms with E-state index in [9.17, 15) is 15.3 Å². The first-order valence-corrected chi connectivity index (χ1v) is 16.7. The topological polar surface area (TPSA) is 125 Å². The summed E-state index contributed by atoms with van der Waals surface area (Å²) in [5, 5.41) is 44.7. The fourth-order valence-corrected chi connectivity index (χ4v) is 7.48. The summed E-state index contributed by atoms with van der Waals surface area (Å²) < 4.78 is 5.25. The number of nitrogens with zero attached hydrogens (tertiary/aromatic N) is 3. The van der Waals surface area contributed by atoms with E-state index in [2.05, 4.69) is 60.4 Å². The zero-order chi connectivity index (χ0) is 31.6. The number of rotatable bonds is 13. The molecule has 43 heavy (non-hydrogen) atoms. The maximum absolute atomic E-state index is 12.0. The first-order valence-electron chi connectivity index (χ1n) is 16.7. The number of aliphatic imine (C=N–C) groups is 1. The monoisotopic (exact) mass is 606 g/mol. The molecule has 10 heteroatoms. The molecule has 1 spiro atoms. The Morgan fingerprint density at radius 1 is 1.14 bits per heavy atom. The molecule has 0 aromatic carbocycles. The molecule has 0 aromatic rings. The number of ether oxygens (including phenoxy) is 1. The molecule has 0 bridgehead atoms. The number of aliphatic hydroxyl groups is 3. The van der Waals surface area contributed by atoms with E-state index in [1.54, 1.807) is 7.11 Å². The molecule has 4 rings (SSSR count). The Morgan fingerprint density at radius 2 is 1.84 bits per heavy atom. The van der Waals surface area contributed by atoms with E-state index in [4.69, 9.17) is 9.73 Å². The predicted molar refractivity (Wildman–Crippen MR) is 172 cm³/mol. The van der Waals surface area contributed by atoms with Crippen molar-refractivity contribution in [2.24, 2.45) is 33.6 Å². The fourth-order valence-electron chi connectivity index (χ4n) is 7.48. The van der Waals surface area contributed by atoms with Crippen LogP contribution in [-0.4, -0.2) is 115 Å². The first-order chi connectivity index (χ1) is 20.2. The Balaban J connectivity index is 1.47. The summed E-state index contributed by atoms with van der Waals surface area (Å²) in [7, 11) is 1.72. The molecule has 5 atom stereocenters. The van der Waals surface area contributed by atoms with Crippen LogP contribution in [0.1, 0.15) is 80.6 Å². The minimum absolute atomic E-state index is 0.0414. The maximum Gasteiger partial charge on any atom is 0.135 e. The van der Waals surface area contributed by atoms with Gasteiger partial charge in [0.15, 0.2) is 0 Å². The number of piperidine rings is 2. The SMILES string of the molecule is COCCCNC1=C(C(O)N(CC(C)C)C2CC23CNC[C@H](C(O)N2CCC(C(C)(C)O)CC2)C3)CN=C(C(C)(C)C)N1. The number of amidine groups is 1. The van der Waals surface area contributed by atoms with Gasteiger partial charge in [0.05, 0.1) is 12.1 Å². The molecular formula is C33H62N6O4. The highest BCUT2D eigenvalue weighted by Gasteiger charge is 2.60. The Labute approximate surface area is 260 Å². The van der Waals surface area contributed by atoms with Crippen molar-refractivity contribution in [2.45, 2.75) is 105 Å². The molecule has 1 aliphatic carbocycles. The average molecular weight is 607 g/mol. The summed E-state index contributed by atoms with van der Waals surface area (Å²) in [6, 6.07) is 0.239. The quantitative estimate of drug-likeness (QED) is 0.138. The van der Waals surface area contributed by atoms with Gasteiger partial charge in [0.2, 0.25) is 0 Å². The van der Waals surface area contributed by atoms with Gasteiger partial charge in [-0.15, -0.1) is 0 Å². The van der Waals surface area contributed by atoms with Crippen molar-refractivity contribution in [3.63, 3.8) is 0 Å². The molecule has 4 unspecified atom stereocenters. The summed E-state index contributed by atoms with van der Waals surface area (Å²) in [6.07, 6.45) is 3.42. The Morgan fingerprint density at radius 3 is 2.44 bits per heavy atom. The zero-order valence-corrected chi connectivity index (χ0v) is 28.2. The Hall–Kier alpha value is -1.27. The fraction of sp³-hybridized carbons (Fsp3) is 0.909. The predicted octanol–water partition coefficient (Wildman–Crippen LogP) is 2.32. The lowest BCUT2D eigenvalue weighted by Gasteiger charge is -2.44. The van der Waals surface area contributed by atoms with Gasteiger partial charge in [0.1, 0.15) is 24.1 Å². The largest absolute Gasteiger partial charge is 0.390 e. The molecule has 0 aromatic heterocycles. The average Bonchev–Trinajstić information content (AvgIpc) is 3.63. The van der Waals surface area contributed by atoms with Crippen molar-refractivity contribution in [3.8, 4) is 0 Å². The second-order valence-corrected chi connectivity index (χ2v) is 15.7. The highest BCUT2D eigenvalue weighted by molar-refractivity contribution is 5.89. The van der Waals surface area contributed by atoms with Crippen molar-refractivity contribution in [1.29, 1.82) is 0 Å². The number of aliphatic hydroxyl groups excluding tert-OH is 2. The van der Waals surface area contributed by atoms with E-state index in [0.717, 1.165) is 88.6 Å². The van der Waals surface area contributed by atoms with Crippen LogP contribution in [0.5, 0.6) is 0 Å². The third-order valence-corrected chi connectivity index (χ3v) is 10.1. The summed E-state index contributed by atoms with van der Waals surface area (Å²) in [5.41, 5.74) is 0.141. The van der Waals surface area contributed by atoms with E-state index < -0.39 is 18.1 Å². The van der Waals surface area contributed by atoms with E-state index in [0.29, 0.717) is 19.1 Å². The summed E-state index contributed by atoms with van der Waals surface area (Å²) in [4.78, 5) is 9.41. The molecular weight excluding hydrogens is 544 g/mol. The van der Waals surface area contributed by atoms with E-state index >= 15 is 0 Å². The molecule has 10 nitrogen and oxygen atoms in total. The van der Waals surface area contributed by atoms with Gasteiger partial charge in [-0.2, -0.15) is 0 Å². The number of methoxy groups -OCH3 is 1. The van der Waals surface area contributed by atoms with Crippen molar-refractivity contribution in [2.75, 3.05) is 59.5 Å². The van der Waals surface area contributed by atoms with Crippen molar-refractivity contribution in [1.82, 2.24) is 25.8 Å². The first kappa shape index (κ1) is 34.6. The zero-order valence-electron chi connectivity index (χ0n) is 28.2. The van der Waals surface area contributed by atoms with Crippen LogP contribution in [0.4, 0.5) is 0 Å². The Kier molecular flexibility index (Phi) is 11.3. The van der Waals surface area contributed by atoms with E-state index in [-0.39, 0.29) is 28.7 Å². The van der Waals surface area contributed by atoms with Gasteiger partial charge < -0.3 is 36.0 Å². The van der Waals surface area contributed by atoms with Gasteiger partial charge in [-0.25, -0.2) is 0 Å². The number of hydrogen-bond acceptors (Lipinski definition) is 10. The highest BCUT2D eigenvalue weighted by Crippen LogP contribution is 2.56. The molecule has 3 fully saturated rings. The van der Waals surface area contributed by atoms with Gasteiger partial charge in [-0.1, -0.05) is 34.6 Å². The highest BCUT2D eigenvalue weighted by atomic mass is 16.5. The maximum atomic E-state index is 12.0. The van der Waals surface area contributed by atoms with Gasteiger partial charge in [-0.3, -0.25) is 14.8 Å². The van der Waals surface area contributed by atoms with E-state index in [1.165, 1.54) is 0 Å². The lowest BCUT2D eigenvalue weighted by atomic mass is 9.81. The summed E-state index contributed by atoms with van der Waals surface area (Å²) >= 11 is 0. The van der Waals surface area contributed by atoms with Crippen molar-refractivity contribution in [3.05, 3.63) is 11.4 Å². The number of nitrogens with one attached hydrogen (secondary N) is 3. The third kappa shape index (κ3) is 8.51. The molecule has 4 aliphatic rings. The standard InChI is InChI=1S/C33H62N6O4/c1-22(2)20-39(29(41)25-19-36-30(31(3,4)5)37-27(25)35-12-9-15-43-8)26-17-33(26)16-23(18-34-21-33)28(40)38-13-10-24(11-14-38)32(6,7)42/h22-24,26,28-29,34-35,40-42H,9-21H2,1-8H3,(H,36,37)/t23-,26?,28?,29?,33?/m1/s1. The van der Waals surface area contributed by atoms with Crippen LogP contribution in [0, 0.1) is 28.6 Å². The third-order valence-electron chi connectivity index (χ3n) is 10.1. The molecule has 0 amide bonds. The summed E-state index contributed by atoms with van der Waals surface area (Å²) in [6.45, 7) is 20.7. The molecule has 0 radical (unpaired) electrons. The minimum atomic E-state index is -0.749. The van der Waals surface area contributed by atoms with E-state index in [1.807, 2.05) is 13.8 Å². The molecule has 6 N–H and O–H groups in total. The smallest absolute Gasteiger partial charge is 0.135 e. The van der Waals surface area contributed by atoms with Crippen LogP contribution < -0.4 is 16.0 Å². The lowest BCUT2D eigenvalue weighted by Crippen LogP contribution is -2.54. The molecule has 3 heterocycles. The second kappa shape index (κ2) is 14.0. The molecule has 248 valence electrons. The van der Waals surface area contributed by atoms with Crippen molar-refractivity contribution >= 4 is 5.84 Å². The normalized spacial score (nSPS) is 29.2. The van der Waals surface area contributed by atoms with Crippen LogP contribution in [0.2, 0.25) is 0 Å². The van der Waals surface area contributed by atoms with Gasteiger partial charge >= 0.3 is 0 Å². The lowest BCUT2D eigenvalue weighted by molar-refractivity contribution is -0.0892. The molecule has 2 saturated heterocycles. The van der Waals surface area contributed by atoms with Crippen LogP contribution in [-0.2, 0) is 4.74 Å². The van der Waals surface area contributed by atoms with Crippen LogP contribution in [0.3, 0.4) is 0 Å². The second-order valence-electron chi connectivity index (χ2n) is 15.7. The number of hydrogen-bond donors (Lipinski definition) is 6. The van der Waals surface area contributed by atoms with Gasteiger partial charge in [-0.05, 0) is 57.8 Å². The van der Waals surface area contributed by atoms with Crippen LogP contribution in [0.15, 0.2) is 16.4 Å². The molecule has 3 aliphatic heterocycles. The van der Waals surface area contributed by atoms with Crippen LogP contribution >= 0.6 is 0 Å². The van der Waals surface area contributed by atoms with Gasteiger partial charge in [0.25, 0.3) is 0 Å². The minimum Gasteiger partial charge on any atom is -0.390 e.